The van der Waals surface area contributed by atoms with Crippen molar-refractivity contribution in [3.05, 3.63) is 29.3 Å². The van der Waals surface area contributed by atoms with E-state index in [0.29, 0.717) is 19.5 Å². The molecule has 1 aromatic carbocycles. The minimum atomic E-state index is -4.10. The maximum Gasteiger partial charge on any atom is 0.393 e. The maximum absolute atomic E-state index is 12.8. The Morgan fingerprint density at radius 2 is 2.11 bits per heavy atom. The summed E-state index contributed by atoms with van der Waals surface area (Å²) in [4.78, 5) is 1.82. The Bertz CT molecular complexity index is 443. The molecule has 0 radical (unpaired) electrons. The lowest BCUT2D eigenvalue weighted by Gasteiger charge is -2.36. The van der Waals surface area contributed by atoms with Crippen molar-refractivity contribution >= 4 is 5.69 Å². The Balaban J connectivity index is 2.22. The predicted octanol–water partition coefficient (Wildman–Crippen LogP) is 3.23. The second-order valence-electron chi connectivity index (χ2n) is 5.16. The lowest BCUT2D eigenvalue weighted by molar-refractivity contribution is -0.176. The van der Waals surface area contributed by atoms with Crippen molar-refractivity contribution in [3.8, 4) is 0 Å². The molecule has 0 amide bonds. The maximum atomic E-state index is 12.8. The van der Waals surface area contributed by atoms with E-state index in [1.165, 1.54) is 0 Å². The Morgan fingerprint density at radius 1 is 1.37 bits per heavy atom. The monoisotopic (exact) mass is 272 g/mol. The van der Waals surface area contributed by atoms with E-state index in [1.807, 2.05) is 30.0 Å². The molecule has 1 saturated heterocycles. The van der Waals surface area contributed by atoms with Crippen LogP contribution < -0.4 is 10.6 Å². The summed E-state index contributed by atoms with van der Waals surface area (Å²) in [6.07, 6.45) is -3.31. The highest BCUT2D eigenvalue weighted by Gasteiger charge is 2.42. The molecule has 19 heavy (non-hydrogen) atoms. The first kappa shape index (κ1) is 14.2. The molecule has 1 fully saturated rings. The zero-order valence-corrected chi connectivity index (χ0v) is 11.0. The van der Waals surface area contributed by atoms with Crippen LogP contribution in [-0.2, 0) is 6.54 Å². The number of halogens is 3. The van der Waals surface area contributed by atoms with Crippen molar-refractivity contribution in [1.29, 1.82) is 0 Å². The zero-order chi connectivity index (χ0) is 14.0. The minimum Gasteiger partial charge on any atom is -0.371 e. The van der Waals surface area contributed by atoms with E-state index in [-0.39, 0.29) is 13.0 Å². The van der Waals surface area contributed by atoms with Crippen LogP contribution in [0.2, 0.25) is 0 Å². The average molecular weight is 272 g/mol. The molecule has 0 saturated carbocycles. The highest BCUT2D eigenvalue weighted by atomic mass is 19.4. The van der Waals surface area contributed by atoms with Crippen LogP contribution >= 0.6 is 0 Å². The number of hydrogen-bond acceptors (Lipinski definition) is 2. The molecule has 1 aliphatic rings. The van der Waals surface area contributed by atoms with Gasteiger partial charge in [-0.15, -0.1) is 0 Å². The Kier molecular flexibility index (Phi) is 4.04. The molecule has 0 aliphatic carbocycles. The van der Waals surface area contributed by atoms with E-state index in [4.69, 9.17) is 5.73 Å². The first-order valence-electron chi connectivity index (χ1n) is 6.53. The second-order valence-corrected chi connectivity index (χ2v) is 5.16. The number of aryl methyl sites for hydroxylation is 1. The Morgan fingerprint density at radius 3 is 2.74 bits per heavy atom. The van der Waals surface area contributed by atoms with Gasteiger partial charge in [-0.1, -0.05) is 17.7 Å². The number of hydrogen-bond donors (Lipinski definition) is 1. The van der Waals surface area contributed by atoms with Gasteiger partial charge < -0.3 is 10.6 Å². The summed E-state index contributed by atoms with van der Waals surface area (Å²) >= 11 is 0. The van der Waals surface area contributed by atoms with Gasteiger partial charge in [0, 0.05) is 25.3 Å². The first-order valence-corrected chi connectivity index (χ1v) is 6.53. The van der Waals surface area contributed by atoms with Gasteiger partial charge in [-0.05, 0) is 31.4 Å². The summed E-state index contributed by atoms with van der Waals surface area (Å²) < 4.78 is 38.5. The normalized spacial score (nSPS) is 20.7. The van der Waals surface area contributed by atoms with Gasteiger partial charge >= 0.3 is 6.18 Å². The first-order chi connectivity index (χ1) is 8.91. The molecule has 1 unspecified atom stereocenters. The molecule has 2 N–H and O–H groups in total. The third kappa shape index (κ3) is 3.21. The van der Waals surface area contributed by atoms with Crippen LogP contribution in [0.1, 0.15) is 24.0 Å². The Labute approximate surface area is 111 Å². The third-order valence-corrected chi connectivity index (χ3v) is 3.68. The van der Waals surface area contributed by atoms with Crippen LogP contribution in [-0.4, -0.2) is 19.3 Å². The van der Waals surface area contributed by atoms with E-state index in [0.717, 1.165) is 16.8 Å². The van der Waals surface area contributed by atoms with Crippen LogP contribution in [0.25, 0.3) is 0 Å². The van der Waals surface area contributed by atoms with Crippen molar-refractivity contribution in [2.75, 3.05) is 18.0 Å². The van der Waals surface area contributed by atoms with Crippen LogP contribution in [0.3, 0.4) is 0 Å². The molecule has 106 valence electrons. The number of rotatable bonds is 2. The lowest BCUT2D eigenvalue weighted by Crippen LogP contribution is -2.42. The molecule has 0 bridgehead atoms. The van der Waals surface area contributed by atoms with Crippen molar-refractivity contribution in [1.82, 2.24) is 0 Å². The van der Waals surface area contributed by atoms with Crippen molar-refractivity contribution < 1.29 is 13.2 Å². The molecule has 1 heterocycles. The molecule has 5 heteroatoms. The van der Waals surface area contributed by atoms with Gasteiger partial charge in [-0.3, -0.25) is 0 Å². The van der Waals surface area contributed by atoms with Crippen molar-refractivity contribution in [2.45, 2.75) is 32.5 Å². The molecule has 1 aliphatic heterocycles. The van der Waals surface area contributed by atoms with Crippen LogP contribution in [0.5, 0.6) is 0 Å². The molecular formula is C14H19F3N2. The standard InChI is InChI=1S/C14H19F3N2/c1-10-4-5-13(11(7-10)8-18)19-6-2-3-12(9-19)14(15,16)17/h4-5,7,12H,2-3,6,8-9,18H2,1H3. The van der Waals surface area contributed by atoms with Gasteiger partial charge in [-0.25, -0.2) is 0 Å². The highest BCUT2D eigenvalue weighted by molar-refractivity contribution is 5.55. The molecule has 1 aromatic rings. The lowest BCUT2D eigenvalue weighted by atomic mass is 9.96. The fourth-order valence-corrected chi connectivity index (χ4v) is 2.65. The summed E-state index contributed by atoms with van der Waals surface area (Å²) in [6, 6.07) is 5.76. The zero-order valence-electron chi connectivity index (χ0n) is 11.0. The fourth-order valence-electron chi connectivity index (χ4n) is 2.65. The third-order valence-electron chi connectivity index (χ3n) is 3.68. The smallest absolute Gasteiger partial charge is 0.371 e. The topological polar surface area (TPSA) is 29.3 Å². The molecule has 0 spiro atoms. The molecular weight excluding hydrogens is 253 g/mol. The molecule has 2 rings (SSSR count). The molecule has 0 aromatic heterocycles. The Hall–Kier alpha value is -1.23. The van der Waals surface area contributed by atoms with E-state index in [9.17, 15) is 13.2 Å². The number of alkyl halides is 3. The van der Waals surface area contributed by atoms with Crippen LogP contribution in [0, 0.1) is 12.8 Å². The number of nitrogens with zero attached hydrogens (tertiary/aromatic N) is 1. The summed E-state index contributed by atoms with van der Waals surface area (Å²) in [5, 5.41) is 0. The average Bonchev–Trinajstić information content (AvgIpc) is 2.37. The highest BCUT2D eigenvalue weighted by Crippen LogP contribution is 2.35. The van der Waals surface area contributed by atoms with Crippen LogP contribution in [0.15, 0.2) is 18.2 Å². The second kappa shape index (κ2) is 5.41. The fraction of sp³-hybridized carbons (Fsp3) is 0.571. The summed E-state index contributed by atoms with van der Waals surface area (Å²) in [7, 11) is 0. The van der Waals surface area contributed by atoms with Gasteiger partial charge in [0.2, 0.25) is 0 Å². The molecule has 2 nitrogen and oxygen atoms in total. The minimum absolute atomic E-state index is 0.0412. The summed E-state index contributed by atoms with van der Waals surface area (Å²) in [5.41, 5.74) is 8.54. The summed E-state index contributed by atoms with van der Waals surface area (Å²) in [5.74, 6) is -1.23. The van der Waals surface area contributed by atoms with Crippen LogP contribution in [0.4, 0.5) is 18.9 Å². The van der Waals surface area contributed by atoms with Gasteiger partial charge in [0.25, 0.3) is 0 Å². The van der Waals surface area contributed by atoms with Gasteiger partial charge in [0.15, 0.2) is 0 Å². The van der Waals surface area contributed by atoms with Crippen molar-refractivity contribution in [3.63, 3.8) is 0 Å². The van der Waals surface area contributed by atoms with Gasteiger partial charge in [0.05, 0.1) is 5.92 Å². The van der Waals surface area contributed by atoms with E-state index in [2.05, 4.69) is 0 Å². The molecule has 1 atom stereocenters. The number of anilines is 1. The largest absolute Gasteiger partial charge is 0.393 e. The number of piperidine rings is 1. The predicted molar refractivity (Wildman–Crippen MR) is 70.1 cm³/mol. The SMILES string of the molecule is Cc1ccc(N2CCCC(C(F)(F)F)C2)c(CN)c1. The van der Waals surface area contributed by atoms with Crippen molar-refractivity contribution in [2.24, 2.45) is 11.7 Å². The van der Waals surface area contributed by atoms with Gasteiger partial charge in [-0.2, -0.15) is 13.2 Å². The number of nitrogens with two attached hydrogens (primary N) is 1. The quantitative estimate of drug-likeness (QED) is 0.895. The van der Waals surface area contributed by atoms with Gasteiger partial charge in [0.1, 0.15) is 0 Å². The van der Waals surface area contributed by atoms with E-state index >= 15 is 0 Å². The van der Waals surface area contributed by atoms with E-state index in [1.54, 1.807) is 0 Å². The number of benzene rings is 1. The van der Waals surface area contributed by atoms with E-state index < -0.39 is 12.1 Å². The summed E-state index contributed by atoms with van der Waals surface area (Å²) in [6.45, 7) is 3.02.